The molecule has 3 aromatic heterocycles. The monoisotopic (exact) mass is 352 g/mol. The maximum Gasteiger partial charge on any atom is 0.251 e. The second kappa shape index (κ2) is 7.29. The molecule has 0 aromatic carbocycles. The van der Waals surface area contributed by atoms with Crippen molar-refractivity contribution < 1.29 is 0 Å². The highest BCUT2D eigenvalue weighted by Gasteiger charge is 2.26. The predicted octanol–water partition coefficient (Wildman–Crippen LogP) is 3.62. The van der Waals surface area contributed by atoms with Gasteiger partial charge in [-0.25, -0.2) is 4.98 Å². The molecule has 0 aliphatic carbocycles. The molecular formula is C19H20N4OS. The molecule has 128 valence electrons. The molecule has 6 heteroatoms. The lowest BCUT2D eigenvalue weighted by Gasteiger charge is -2.35. The van der Waals surface area contributed by atoms with Crippen LogP contribution in [0.4, 0.5) is 0 Å². The van der Waals surface area contributed by atoms with Crippen molar-refractivity contribution in [3.8, 4) is 11.4 Å². The molecule has 0 radical (unpaired) electrons. The lowest BCUT2D eigenvalue weighted by molar-refractivity contribution is 0.137. The van der Waals surface area contributed by atoms with Crippen LogP contribution >= 0.6 is 11.3 Å². The highest BCUT2D eigenvalue weighted by Crippen LogP contribution is 2.31. The third-order valence-corrected chi connectivity index (χ3v) is 5.37. The second-order valence-corrected chi connectivity index (χ2v) is 7.15. The van der Waals surface area contributed by atoms with Gasteiger partial charge in [0.1, 0.15) is 5.82 Å². The molecule has 0 spiro atoms. The van der Waals surface area contributed by atoms with Crippen molar-refractivity contribution in [3.05, 3.63) is 69.0 Å². The van der Waals surface area contributed by atoms with Crippen LogP contribution in [-0.2, 0) is 6.54 Å². The van der Waals surface area contributed by atoms with Crippen molar-refractivity contribution >= 4 is 11.3 Å². The van der Waals surface area contributed by atoms with Gasteiger partial charge in [0.15, 0.2) is 0 Å². The number of nitrogens with one attached hydrogen (secondary N) is 1. The van der Waals surface area contributed by atoms with Crippen molar-refractivity contribution in [1.82, 2.24) is 19.9 Å². The molecule has 4 rings (SSSR count). The summed E-state index contributed by atoms with van der Waals surface area (Å²) in [7, 11) is 0. The standard InChI is InChI=1S/C19H20N4OS/c24-18-11-16(21-19(22-18)15-4-7-20-8-5-15)17-3-1-2-9-23(17)12-14-6-10-25-13-14/h4-8,10-11,13,17H,1-3,9,12H2,(H,21,22,24)/t17-/m1/s1. The summed E-state index contributed by atoms with van der Waals surface area (Å²) in [5.74, 6) is 0.617. The Morgan fingerprint density at radius 1 is 1.24 bits per heavy atom. The molecule has 0 unspecified atom stereocenters. The van der Waals surface area contributed by atoms with Gasteiger partial charge in [-0.15, -0.1) is 0 Å². The first-order valence-corrected chi connectivity index (χ1v) is 9.51. The van der Waals surface area contributed by atoms with Crippen LogP contribution in [0.5, 0.6) is 0 Å². The summed E-state index contributed by atoms with van der Waals surface area (Å²) in [6, 6.07) is 7.75. The average Bonchev–Trinajstić information content (AvgIpc) is 3.15. The fourth-order valence-electron chi connectivity index (χ4n) is 3.43. The molecule has 1 N–H and O–H groups in total. The molecule has 0 bridgehead atoms. The van der Waals surface area contributed by atoms with Gasteiger partial charge in [-0.1, -0.05) is 6.42 Å². The van der Waals surface area contributed by atoms with E-state index in [1.54, 1.807) is 29.8 Å². The first kappa shape index (κ1) is 16.2. The van der Waals surface area contributed by atoms with Crippen molar-refractivity contribution in [2.45, 2.75) is 31.8 Å². The molecule has 1 aliphatic rings. The first-order valence-electron chi connectivity index (χ1n) is 8.56. The van der Waals surface area contributed by atoms with Crippen molar-refractivity contribution in [1.29, 1.82) is 0 Å². The third-order valence-electron chi connectivity index (χ3n) is 4.64. The van der Waals surface area contributed by atoms with Gasteiger partial charge in [0, 0.05) is 30.6 Å². The molecule has 3 aromatic rings. The summed E-state index contributed by atoms with van der Waals surface area (Å²) < 4.78 is 0. The van der Waals surface area contributed by atoms with Gasteiger partial charge in [-0.05, 0) is 53.9 Å². The quantitative estimate of drug-likeness (QED) is 0.779. The molecule has 0 saturated carbocycles. The SMILES string of the molecule is O=c1cc([C@H]2CCCCN2Cc2ccsc2)nc(-c2ccncc2)[nH]1. The minimum Gasteiger partial charge on any atom is -0.307 e. The molecule has 5 nitrogen and oxygen atoms in total. The number of piperidine rings is 1. The van der Waals surface area contributed by atoms with Crippen molar-refractivity contribution in [2.75, 3.05) is 6.54 Å². The van der Waals surface area contributed by atoms with E-state index in [4.69, 9.17) is 4.98 Å². The lowest BCUT2D eigenvalue weighted by atomic mass is 9.98. The van der Waals surface area contributed by atoms with Gasteiger partial charge in [0.05, 0.1) is 11.7 Å². The predicted molar refractivity (Wildman–Crippen MR) is 99.4 cm³/mol. The van der Waals surface area contributed by atoms with Crippen LogP contribution in [0.2, 0.25) is 0 Å². The Morgan fingerprint density at radius 3 is 2.92 bits per heavy atom. The van der Waals surface area contributed by atoms with E-state index in [2.05, 4.69) is 31.7 Å². The van der Waals surface area contributed by atoms with E-state index < -0.39 is 0 Å². The Kier molecular flexibility index (Phi) is 4.72. The summed E-state index contributed by atoms with van der Waals surface area (Å²) in [6.07, 6.45) is 6.83. The topological polar surface area (TPSA) is 61.9 Å². The number of likely N-dealkylation sites (tertiary alicyclic amines) is 1. The van der Waals surface area contributed by atoms with Crippen LogP contribution in [0.1, 0.15) is 36.6 Å². The average molecular weight is 352 g/mol. The van der Waals surface area contributed by atoms with E-state index in [-0.39, 0.29) is 11.6 Å². The maximum atomic E-state index is 12.2. The highest BCUT2D eigenvalue weighted by atomic mass is 32.1. The Balaban J connectivity index is 1.67. The molecule has 0 amide bonds. The number of aromatic nitrogens is 3. The normalized spacial score (nSPS) is 18.3. The molecule has 1 aliphatic heterocycles. The number of nitrogens with zero attached hydrogens (tertiary/aromatic N) is 3. The van der Waals surface area contributed by atoms with Crippen LogP contribution in [0, 0.1) is 0 Å². The number of pyridine rings is 1. The Hall–Kier alpha value is -2.31. The van der Waals surface area contributed by atoms with Gasteiger partial charge >= 0.3 is 0 Å². The third kappa shape index (κ3) is 3.70. The zero-order valence-corrected chi connectivity index (χ0v) is 14.7. The van der Waals surface area contributed by atoms with E-state index in [0.717, 1.165) is 30.8 Å². The number of hydrogen-bond acceptors (Lipinski definition) is 5. The summed E-state index contributed by atoms with van der Waals surface area (Å²) in [6.45, 7) is 1.95. The van der Waals surface area contributed by atoms with Gasteiger partial charge in [0.2, 0.25) is 0 Å². The highest BCUT2D eigenvalue weighted by molar-refractivity contribution is 7.07. The first-order chi connectivity index (χ1) is 12.3. The van der Waals surface area contributed by atoms with Crippen LogP contribution in [0.15, 0.2) is 52.2 Å². The summed E-state index contributed by atoms with van der Waals surface area (Å²) in [5.41, 5.74) is 2.98. The van der Waals surface area contributed by atoms with Gasteiger partial charge in [-0.3, -0.25) is 14.7 Å². The zero-order valence-electron chi connectivity index (χ0n) is 13.9. The van der Waals surface area contributed by atoms with Crippen LogP contribution in [-0.4, -0.2) is 26.4 Å². The molecule has 4 heterocycles. The number of thiophene rings is 1. The lowest BCUT2D eigenvalue weighted by Crippen LogP contribution is -2.34. The molecular weight excluding hydrogens is 332 g/mol. The van der Waals surface area contributed by atoms with E-state index in [1.165, 1.54) is 18.4 Å². The van der Waals surface area contributed by atoms with Gasteiger partial charge in [-0.2, -0.15) is 11.3 Å². The molecule has 1 atom stereocenters. The minimum atomic E-state index is -0.0992. The van der Waals surface area contributed by atoms with E-state index in [0.29, 0.717) is 5.82 Å². The smallest absolute Gasteiger partial charge is 0.251 e. The van der Waals surface area contributed by atoms with E-state index >= 15 is 0 Å². The second-order valence-electron chi connectivity index (χ2n) is 6.37. The minimum absolute atomic E-state index is 0.0992. The van der Waals surface area contributed by atoms with Crippen molar-refractivity contribution in [3.63, 3.8) is 0 Å². The largest absolute Gasteiger partial charge is 0.307 e. The van der Waals surface area contributed by atoms with Gasteiger partial charge < -0.3 is 4.98 Å². The number of rotatable bonds is 4. The summed E-state index contributed by atoms with van der Waals surface area (Å²) >= 11 is 1.72. The van der Waals surface area contributed by atoms with Gasteiger partial charge in [0.25, 0.3) is 5.56 Å². The Labute approximate surface area is 150 Å². The summed E-state index contributed by atoms with van der Waals surface area (Å²) in [5, 5.41) is 4.31. The van der Waals surface area contributed by atoms with Crippen LogP contribution in [0.3, 0.4) is 0 Å². The Morgan fingerprint density at radius 2 is 2.12 bits per heavy atom. The van der Waals surface area contributed by atoms with Crippen LogP contribution in [0.25, 0.3) is 11.4 Å². The molecule has 25 heavy (non-hydrogen) atoms. The van der Waals surface area contributed by atoms with Crippen molar-refractivity contribution in [2.24, 2.45) is 0 Å². The van der Waals surface area contributed by atoms with E-state index in [1.807, 2.05) is 12.1 Å². The number of hydrogen-bond donors (Lipinski definition) is 1. The van der Waals surface area contributed by atoms with Crippen LogP contribution < -0.4 is 5.56 Å². The number of H-pyrrole nitrogens is 1. The maximum absolute atomic E-state index is 12.2. The Bertz CT molecular complexity index is 876. The molecule has 1 fully saturated rings. The summed E-state index contributed by atoms with van der Waals surface area (Å²) in [4.78, 5) is 26.3. The fourth-order valence-corrected chi connectivity index (χ4v) is 4.09. The zero-order chi connectivity index (χ0) is 17.1. The number of aromatic amines is 1. The van der Waals surface area contributed by atoms with E-state index in [9.17, 15) is 4.79 Å². The fraction of sp³-hybridized carbons (Fsp3) is 0.316. The molecule has 1 saturated heterocycles.